The van der Waals surface area contributed by atoms with Crippen molar-refractivity contribution < 1.29 is 0 Å². The SMILES string of the molecule is N#CCCCn1c2c(c3cc(Br)ccc31)CSCC2. The van der Waals surface area contributed by atoms with E-state index in [0.717, 1.165) is 29.6 Å². The second kappa shape index (κ2) is 5.60. The van der Waals surface area contributed by atoms with Crippen molar-refractivity contribution >= 4 is 38.6 Å². The number of fused-ring (bicyclic) bond motifs is 3. The fourth-order valence-corrected chi connectivity index (χ4v) is 4.18. The number of aryl methyl sites for hydroxylation is 1. The maximum atomic E-state index is 8.71. The molecule has 2 heterocycles. The van der Waals surface area contributed by atoms with Gasteiger partial charge in [-0.25, -0.2) is 0 Å². The second-order valence-electron chi connectivity index (χ2n) is 4.80. The van der Waals surface area contributed by atoms with Crippen LogP contribution in [0.1, 0.15) is 24.1 Å². The summed E-state index contributed by atoms with van der Waals surface area (Å²) in [5.74, 6) is 2.33. The number of aromatic nitrogens is 1. The number of nitrogens with zero attached hydrogens (tertiary/aromatic N) is 2. The fourth-order valence-electron chi connectivity index (χ4n) is 2.81. The normalized spacial score (nSPS) is 14.3. The molecule has 0 fully saturated rings. The van der Waals surface area contributed by atoms with E-state index in [9.17, 15) is 0 Å². The molecule has 0 N–H and O–H groups in total. The van der Waals surface area contributed by atoms with Crippen molar-refractivity contribution in [3.63, 3.8) is 0 Å². The lowest BCUT2D eigenvalue weighted by Gasteiger charge is -2.15. The third kappa shape index (κ3) is 2.42. The molecule has 19 heavy (non-hydrogen) atoms. The van der Waals surface area contributed by atoms with Gasteiger partial charge in [0.1, 0.15) is 0 Å². The van der Waals surface area contributed by atoms with Crippen LogP contribution >= 0.6 is 27.7 Å². The van der Waals surface area contributed by atoms with Crippen molar-refractivity contribution in [2.75, 3.05) is 5.75 Å². The fraction of sp³-hybridized carbons (Fsp3) is 0.400. The van der Waals surface area contributed by atoms with E-state index in [2.05, 4.69) is 44.8 Å². The van der Waals surface area contributed by atoms with Gasteiger partial charge in [-0.2, -0.15) is 17.0 Å². The van der Waals surface area contributed by atoms with Crippen LogP contribution in [-0.2, 0) is 18.7 Å². The molecular weight excluding hydrogens is 320 g/mol. The zero-order valence-electron chi connectivity index (χ0n) is 10.7. The molecule has 1 aromatic heterocycles. The standard InChI is InChI=1S/C15H15BrN2S/c16-11-3-4-14-12(9-11)13-10-19-8-5-15(13)18(14)7-2-1-6-17/h3-4,9H,1-2,5,7-8,10H2. The average Bonchev–Trinajstić information content (AvgIpc) is 2.73. The molecule has 4 heteroatoms. The Balaban J connectivity index is 2.11. The summed E-state index contributed by atoms with van der Waals surface area (Å²) in [5, 5.41) is 10.1. The summed E-state index contributed by atoms with van der Waals surface area (Å²) >= 11 is 5.59. The van der Waals surface area contributed by atoms with E-state index in [1.165, 1.54) is 27.9 Å². The van der Waals surface area contributed by atoms with Gasteiger partial charge in [0, 0.05) is 39.8 Å². The molecule has 0 aliphatic carbocycles. The van der Waals surface area contributed by atoms with Crippen LogP contribution in [0, 0.1) is 11.3 Å². The molecule has 2 aromatic rings. The van der Waals surface area contributed by atoms with Crippen molar-refractivity contribution in [1.82, 2.24) is 4.57 Å². The Labute approximate surface area is 125 Å². The predicted molar refractivity (Wildman–Crippen MR) is 84.4 cm³/mol. The largest absolute Gasteiger partial charge is 0.344 e. The highest BCUT2D eigenvalue weighted by Crippen LogP contribution is 2.35. The topological polar surface area (TPSA) is 28.7 Å². The molecule has 1 aliphatic rings. The molecule has 0 unspecified atom stereocenters. The number of hydrogen-bond acceptors (Lipinski definition) is 2. The smallest absolute Gasteiger partial charge is 0.0622 e. The van der Waals surface area contributed by atoms with Gasteiger partial charge in [-0.15, -0.1) is 0 Å². The van der Waals surface area contributed by atoms with Gasteiger partial charge in [-0.05, 0) is 42.4 Å². The predicted octanol–water partition coefficient (Wildman–Crippen LogP) is 4.50. The highest BCUT2D eigenvalue weighted by Gasteiger charge is 2.19. The number of nitriles is 1. The molecule has 1 aliphatic heterocycles. The lowest BCUT2D eigenvalue weighted by molar-refractivity contribution is 0.646. The molecule has 1 aromatic carbocycles. The lowest BCUT2D eigenvalue weighted by atomic mass is 10.1. The molecule has 0 amide bonds. The lowest BCUT2D eigenvalue weighted by Crippen LogP contribution is -2.08. The Morgan fingerprint density at radius 1 is 1.42 bits per heavy atom. The van der Waals surface area contributed by atoms with Crippen molar-refractivity contribution in [2.24, 2.45) is 0 Å². The van der Waals surface area contributed by atoms with Gasteiger partial charge >= 0.3 is 0 Å². The van der Waals surface area contributed by atoms with Crippen LogP contribution in [0.2, 0.25) is 0 Å². The number of benzene rings is 1. The minimum absolute atomic E-state index is 0.639. The van der Waals surface area contributed by atoms with Gasteiger partial charge in [-0.3, -0.25) is 0 Å². The number of hydrogen-bond donors (Lipinski definition) is 0. The molecule has 0 atom stereocenters. The Bertz CT molecular complexity index is 654. The minimum Gasteiger partial charge on any atom is -0.344 e. The second-order valence-corrected chi connectivity index (χ2v) is 6.82. The first-order valence-corrected chi connectivity index (χ1v) is 8.50. The first kappa shape index (κ1) is 13.1. The van der Waals surface area contributed by atoms with Gasteiger partial charge in [0.05, 0.1) is 6.07 Å². The Morgan fingerprint density at radius 2 is 2.32 bits per heavy atom. The zero-order chi connectivity index (χ0) is 13.2. The van der Waals surface area contributed by atoms with E-state index in [0.29, 0.717) is 6.42 Å². The summed E-state index contributed by atoms with van der Waals surface area (Å²) in [4.78, 5) is 0. The van der Waals surface area contributed by atoms with Crippen molar-refractivity contribution in [3.05, 3.63) is 33.9 Å². The van der Waals surface area contributed by atoms with Gasteiger partial charge in [0.15, 0.2) is 0 Å². The first-order valence-electron chi connectivity index (χ1n) is 6.55. The number of halogens is 1. The van der Waals surface area contributed by atoms with Gasteiger partial charge in [0.25, 0.3) is 0 Å². The maximum Gasteiger partial charge on any atom is 0.0622 e. The number of rotatable bonds is 3. The molecular formula is C15H15BrN2S. The van der Waals surface area contributed by atoms with Crippen LogP contribution in [0.15, 0.2) is 22.7 Å². The van der Waals surface area contributed by atoms with Gasteiger partial charge in [0.2, 0.25) is 0 Å². The van der Waals surface area contributed by atoms with E-state index < -0.39 is 0 Å². The van der Waals surface area contributed by atoms with Crippen LogP contribution in [0.3, 0.4) is 0 Å². The van der Waals surface area contributed by atoms with E-state index >= 15 is 0 Å². The van der Waals surface area contributed by atoms with Crippen LogP contribution in [0.4, 0.5) is 0 Å². The molecule has 0 radical (unpaired) electrons. The molecule has 3 rings (SSSR count). The summed E-state index contributed by atoms with van der Waals surface area (Å²) in [5.41, 5.74) is 4.32. The van der Waals surface area contributed by atoms with Crippen LogP contribution in [0.25, 0.3) is 10.9 Å². The Morgan fingerprint density at radius 3 is 3.16 bits per heavy atom. The van der Waals surface area contributed by atoms with Crippen molar-refractivity contribution in [3.8, 4) is 6.07 Å². The highest BCUT2D eigenvalue weighted by atomic mass is 79.9. The molecule has 2 nitrogen and oxygen atoms in total. The summed E-state index contributed by atoms with van der Waals surface area (Å²) in [6.07, 6.45) is 2.73. The number of unbranched alkanes of at least 4 members (excludes halogenated alkanes) is 1. The average molecular weight is 335 g/mol. The van der Waals surface area contributed by atoms with E-state index in [1.807, 2.05) is 11.8 Å². The van der Waals surface area contributed by atoms with Crippen LogP contribution < -0.4 is 0 Å². The Kier molecular flexibility index (Phi) is 3.86. The Hall–Kier alpha value is -0.920. The first-order chi connectivity index (χ1) is 9.31. The molecule has 0 saturated carbocycles. The third-order valence-corrected chi connectivity index (χ3v) is 5.13. The summed E-state index contributed by atoms with van der Waals surface area (Å²) in [6.45, 7) is 0.964. The van der Waals surface area contributed by atoms with Gasteiger partial charge < -0.3 is 4.57 Å². The monoisotopic (exact) mass is 334 g/mol. The van der Waals surface area contributed by atoms with Crippen LogP contribution in [-0.4, -0.2) is 10.3 Å². The molecule has 0 saturated heterocycles. The molecule has 0 bridgehead atoms. The zero-order valence-corrected chi connectivity index (χ0v) is 13.1. The highest BCUT2D eigenvalue weighted by molar-refractivity contribution is 9.10. The van der Waals surface area contributed by atoms with Gasteiger partial charge in [-0.1, -0.05) is 15.9 Å². The summed E-state index contributed by atoms with van der Waals surface area (Å²) < 4.78 is 3.58. The van der Waals surface area contributed by atoms with Crippen molar-refractivity contribution in [1.29, 1.82) is 5.26 Å². The quantitative estimate of drug-likeness (QED) is 0.773. The third-order valence-electron chi connectivity index (χ3n) is 3.65. The maximum absolute atomic E-state index is 8.71. The minimum atomic E-state index is 0.639. The van der Waals surface area contributed by atoms with E-state index in [-0.39, 0.29) is 0 Å². The van der Waals surface area contributed by atoms with E-state index in [4.69, 9.17) is 5.26 Å². The molecule has 0 spiro atoms. The van der Waals surface area contributed by atoms with E-state index in [1.54, 1.807) is 0 Å². The molecule has 98 valence electrons. The number of thioether (sulfide) groups is 1. The summed E-state index contributed by atoms with van der Waals surface area (Å²) in [7, 11) is 0. The van der Waals surface area contributed by atoms with Crippen molar-refractivity contribution in [2.45, 2.75) is 31.6 Å². The summed E-state index contributed by atoms with van der Waals surface area (Å²) in [6, 6.07) is 8.80. The van der Waals surface area contributed by atoms with Crippen LogP contribution in [0.5, 0.6) is 0 Å².